The van der Waals surface area contributed by atoms with Crippen LogP contribution < -0.4 is 0 Å². The van der Waals surface area contributed by atoms with Gasteiger partial charge in [-0.15, -0.1) is 0 Å². The summed E-state index contributed by atoms with van der Waals surface area (Å²) in [7, 11) is -2.78. The van der Waals surface area contributed by atoms with Gasteiger partial charge in [-0.3, -0.25) is 9.59 Å². The summed E-state index contributed by atoms with van der Waals surface area (Å²) in [6, 6.07) is 8.42. The molecular weight excluding hydrogens is 284 g/mol. The van der Waals surface area contributed by atoms with Gasteiger partial charge in [-0.25, -0.2) is 8.42 Å². The molecule has 0 atom stereocenters. The molecule has 2 aromatic rings. The van der Waals surface area contributed by atoms with Crippen LogP contribution in [0.15, 0.2) is 34.7 Å². The molecule has 0 saturated heterocycles. The van der Waals surface area contributed by atoms with Crippen LogP contribution in [0, 0.1) is 0 Å². The van der Waals surface area contributed by atoms with Crippen molar-refractivity contribution in [2.45, 2.75) is 0 Å². The summed E-state index contributed by atoms with van der Waals surface area (Å²) in [6.45, 7) is 0. The summed E-state index contributed by atoms with van der Waals surface area (Å²) in [6.07, 6.45) is 0. The van der Waals surface area contributed by atoms with E-state index in [-0.39, 0.29) is 5.76 Å². The summed E-state index contributed by atoms with van der Waals surface area (Å²) in [5.41, 5.74) is 0.501. The number of ether oxygens (including phenoxy) is 1. The van der Waals surface area contributed by atoms with Crippen LogP contribution in [-0.4, -0.2) is 38.8 Å². The molecule has 0 aliphatic rings. The van der Waals surface area contributed by atoms with Crippen LogP contribution in [0.1, 0.15) is 10.6 Å². The number of sulfone groups is 1. The van der Waals surface area contributed by atoms with Crippen molar-refractivity contribution in [2.75, 3.05) is 18.6 Å². The van der Waals surface area contributed by atoms with Gasteiger partial charge in [0.2, 0.25) is 5.78 Å². The number of hydrogen-bond donors (Lipinski definition) is 0. The highest BCUT2D eigenvalue weighted by Crippen LogP contribution is 2.19. The molecule has 20 heavy (non-hydrogen) atoms. The number of rotatable bonds is 5. The van der Waals surface area contributed by atoms with Crippen molar-refractivity contribution < 1.29 is 27.2 Å². The summed E-state index contributed by atoms with van der Waals surface area (Å²) in [5.74, 6) is -3.25. The minimum Gasteiger partial charge on any atom is -0.468 e. The number of carbonyl (C=O) groups is 2. The molecule has 0 aliphatic carbocycles. The first kappa shape index (κ1) is 14.3. The maximum atomic E-state index is 11.9. The number of esters is 1. The Labute approximate surface area is 115 Å². The monoisotopic (exact) mass is 296 g/mol. The Hall–Kier alpha value is -2.15. The fourth-order valence-electron chi connectivity index (χ4n) is 1.68. The molecule has 6 nitrogen and oxygen atoms in total. The lowest BCUT2D eigenvalue weighted by Gasteiger charge is -2.00. The van der Waals surface area contributed by atoms with Crippen molar-refractivity contribution in [1.82, 2.24) is 0 Å². The van der Waals surface area contributed by atoms with Crippen LogP contribution in [0.5, 0.6) is 0 Å². The topological polar surface area (TPSA) is 90.7 Å². The first-order valence-corrected chi connectivity index (χ1v) is 7.52. The highest BCUT2D eigenvalue weighted by atomic mass is 32.2. The maximum Gasteiger partial charge on any atom is 0.320 e. The van der Waals surface area contributed by atoms with Crippen molar-refractivity contribution in [1.29, 1.82) is 0 Å². The molecule has 7 heteroatoms. The van der Waals surface area contributed by atoms with Gasteiger partial charge in [-0.1, -0.05) is 18.2 Å². The number of carbonyl (C=O) groups excluding carboxylic acids is 2. The van der Waals surface area contributed by atoms with Crippen molar-refractivity contribution >= 4 is 32.6 Å². The molecule has 106 valence electrons. The molecule has 0 spiro atoms. The Morgan fingerprint density at radius 3 is 2.55 bits per heavy atom. The third kappa shape index (κ3) is 3.24. The SMILES string of the molecule is COC(=O)CS(=O)(=O)CC(=O)c1cc2ccccc2o1. The highest BCUT2D eigenvalue weighted by Gasteiger charge is 2.24. The van der Waals surface area contributed by atoms with Gasteiger partial charge in [0.05, 0.1) is 7.11 Å². The molecule has 0 fully saturated rings. The number of benzene rings is 1. The van der Waals surface area contributed by atoms with Gasteiger partial charge < -0.3 is 9.15 Å². The van der Waals surface area contributed by atoms with E-state index in [1.807, 2.05) is 0 Å². The number of methoxy groups -OCH3 is 1. The minimum atomic E-state index is -3.86. The molecule has 1 aromatic heterocycles. The van der Waals surface area contributed by atoms with E-state index in [0.29, 0.717) is 11.0 Å². The molecule has 0 saturated carbocycles. The Bertz CT molecular complexity index is 723. The Morgan fingerprint density at radius 2 is 1.90 bits per heavy atom. The van der Waals surface area contributed by atoms with Crippen LogP contribution >= 0.6 is 0 Å². The minimum absolute atomic E-state index is 0.0420. The molecule has 0 aliphatic heterocycles. The molecule has 0 radical (unpaired) electrons. The quantitative estimate of drug-likeness (QED) is 0.608. The third-order valence-electron chi connectivity index (χ3n) is 2.62. The summed E-state index contributed by atoms with van der Waals surface area (Å²) >= 11 is 0. The maximum absolute atomic E-state index is 11.9. The van der Waals surface area contributed by atoms with E-state index < -0.39 is 33.1 Å². The summed E-state index contributed by atoms with van der Waals surface area (Å²) < 4.78 is 32.8. The first-order chi connectivity index (χ1) is 9.41. The normalized spacial score (nSPS) is 11.4. The lowest BCUT2D eigenvalue weighted by Crippen LogP contribution is -2.24. The zero-order valence-electron chi connectivity index (χ0n) is 10.7. The Morgan fingerprint density at radius 1 is 1.20 bits per heavy atom. The van der Waals surface area contributed by atoms with E-state index in [9.17, 15) is 18.0 Å². The van der Waals surface area contributed by atoms with E-state index in [4.69, 9.17) is 4.42 Å². The molecule has 0 bridgehead atoms. The van der Waals surface area contributed by atoms with Gasteiger partial charge in [-0.05, 0) is 12.1 Å². The molecule has 0 unspecified atom stereocenters. The van der Waals surface area contributed by atoms with Crippen molar-refractivity contribution in [3.05, 3.63) is 36.1 Å². The number of ketones is 1. The second-order valence-electron chi connectivity index (χ2n) is 4.18. The molecule has 1 heterocycles. The van der Waals surface area contributed by atoms with Gasteiger partial charge in [-0.2, -0.15) is 0 Å². The average Bonchev–Trinajstić information content (AvgIpc) is 2.81. The molecule has 1 aromatic carbocycles. The van der Waals surface area contributed by atoms with Gasteiger partial charge >= 0.3 is 5.97 Å². The predicted molar refractivity (Wildman–Crippen MR) is 71.2 cm³/mol. The van der Waals surface area contributed by atoms with Crippen molar-refractivity contribution in [3.8, 4) is 0 Å². The molecule has 2 rings (SSSR count). The molecule has 0 amide bonds. The Balaban J connectivity index is 2.17. The van der Waals surface area contributed by atoms with Crippen LogP contribution in [0.25, 0.3) is 11.0 Å². The third-order valence-corrected chi connectivity index (χ3v) is 3.99. The highest BCUT2D eigenvalue weighted by molar-refractivity contribution is 7.92. The van der Waals surface area contributed by atoms with E-state index in [1.165, 1.54) is 6.07 Å². The average molecular weight is 296 g/mol. The zero-order chi connectivity index (χ0) is 14.8. The second kappa shape index (κ2) is 5.46. The number of furan rings is 1. The zero-order valence-corrected chi connectivity index (χ0v) is 11.5. The standard InChI is InChI=1S/C13H12O6S/c1-18-13(15)8-20(16,17)7-10(14)12-6-9-4-2-3-5-11(9)19-12/h2-6H,7-8H2,1H3. The van der Waals surface area contributed by atoms with E-state index in [0.717, 1.165) is 7.11 Å². The van der Waals surface area contributed by atoms with Crippen LogP contribution in [-0.2, 0) is 19.4 Å². The Kier molecular flexibility index (Phi) is 3.89. The smallest absolute Gasteiger partial charge is 0.320 e. The largest absolute Gasteiger partial charge is 0.468 e. The predicted octanol–water partition coefficient (Wildman–Crippen LogP) is 1.20. The van der Waals surface area contributed by atoms with Crippen molar-refractivity contribution in [3.63, 3.8) is 0 Å². The van der Waals surface area contributed by atoms with Gasteiger partial charge in [0.1, 0.15) is 17.1 Å². The number of hydrogen-bond acceptors (Lipinski definition) is 6. The fraction of sp³-hybridized carbons (Fsp3) is 0.231. The van der Waals surface area contributed by atoms with E-state index in [1.54, 1.807) is 24.3 Å². The number of fused-ring (bicyclic) bond motifs is 1. The van der Waals surface area contributed by atoms with Crippen LogP contribution in [0.2, 0.25) is 0 Å². The van der Waals surface area contributed by atoms with Crippen LogP contribution in [0.3, 0.4) is 0 Å². The van der Waals surface area contributed by atoms with Gasteiger partial charge in [0.15, 0.2) is 15.6 Å². The number of Topliss-reactive ketones (excluding diaryl/α,β-unsaturated/α-hetero) is 1. The second-order valence-corrected chi connectivity index (χ2v) is 6.24. The first-order valence-electron chi connectivity index (χ1n) is 5.70. The van der Waals surface area contributed by atoms with Gasteiger partial charge in [0.25, 0.3) is 0 Å². The lowest BCUT2D eigenvalue weighted by molar-refractivity contribution is -0.137. The summed E-state index contributed by atoms with van der Waals surface area (Å²) in [5, 5.41) is 0.709. The van der Waals surface area contributed by atoms with Crippen molar-refractivity contribution in [2.24, 2.45) is 0 Å². The molecular formula is C13H12O6S. The van der Waals surface area contributed by atoms with E-state index >= 15 is 0 Å². The molecule has 0 N–H and O–H groups in total. The lowest BCUT2D eigenvalue weighted by atomic mass is 10.2. The van der Waals surface area contributed by atoms with E-state index in [2.05, 4.69) is 4.74 Å². The number of para-hydroxylation sites is 1. The fourth-order valence-corrected chi connectivity index (χ4v) is 2.80. The van der Waals surface area contributed by atoms with Gasteiger partial charge in [0, 0.05) is 5.39 Å². The van der Waals surface area contributed by atoms with Crippen LogP contribution in [0.4, 0.5) is 0 Å². The summed E-state index contributed by atoms with van der Waals surface area (Å²) in [4.78, 5) is 22.8.